The predicted octanol–water partition coefficient (Wildman–Crippen LogP) is 4.76. The van der Waals surface area contributed by atoms with Crippen molar-refractivity contribution in [1.29, 1.82) is 0 Å². The molecule has 0 fully saturated rings. The Morgan fingerprint density at radius 2 is 1.75 bits per heavy atom. The van der Waals surface area contributed by atoms with Gasteiger partial charge in [0.2, 0.25) is 5.76 Å². The van der Waals surface area contributed by atoms with Gasteiger partial charge in [-0.3, -0.25) is 19.7 Å². The standard InChI is InChI=1S/C25H18N2O5/c1-15-9-11-16(12-10-15)14-26-22(17-5-4-6-18(13-17)27(30)31)21-23(28)19-7-2-3-8-20(19)32-24(21)25(26)29/h2-13,22H,14H2,1H3. The molecule has 0 spiro atoms. The molecule has 1 aliphatic heterocycles. The first-order valence-electron chi connectivity index (χ1n) is 10.1. The molecule has 1 amide bonds. The fraction of sp³-hybridized carbons (Fsp3) is 0.120. The molecule has 4 aromatic rings. The molecule has 1 aliphatic rings. The number of carbonyl (C=O) groups is 1. The summed E-state index contributed by atoms with van der Waals surface area (Å²) >= 11 is 0. The number of amides is 1. The fourth-order valence-corrected chi connectivity index (χ4v) is 4.18. The molecule has 5 rings (SSSR count). The first kappa shape index (κ1) is 19.7. The van der Waals surface area contributed by atoms with Crippen LogP contribution in [0.15, 0.2) is 82.0 Å². The number of nitrogens with zero attached hydrogens (tertiary/aromatic N) is 2. The number of fused-ring (bicyclic) bond motifs is 2. The molecule has 1 unspecified atom stereocenters. The Labute approximate surface area is 182 Å². The van der Waals surface area contributed by atoms with E-state index in [-0.39, 0.29) is 29.0 Å². The largest absolute Gasteiger partial charge is 0.450 e. The summed E-state index contributed by atoms with van der Waals surface area (Å²) in [6, 6.07) is 19.7. The van der Waals surface area contributed by atoms with Gasteiger partial charge in [-0.2, -0.15) is 0 Å². The minimum Gasteiger partial charge on any atom is -0.450 e. The maximum Gasteiger partial charge on any atom is 0.291 e. The van der Waals surface area contributed by atoms with Crippen LogP contribution in [0.4, 0.5) is 5.69 Å². The van der Waals surface area contributed by atoms with Gasteiger partial charge >= 0.3 is 0 Å². The normalized spacial score (nSPS) is 15.2. The number of non-ortho nitro benzene ring substituents is 1. The lowest BCUT2D eigenvalue weighted by atomic mass is 9.98. The molecule has 0 aliphatic carbocycles. The van der Waals surface area contributed by atoms with Crippen molar-refractivity contribution in [2.24, 2.45) is 0 Å². The molecule has 1 atom stereocenters. The highest BCUT2D eigenvalue weighted by Crippen LogP contribution is 2.39. The van der Waals surface area contributed by atoms with Crippen molar-refractivity contribution in [3.63, 3.8) is 0 Å². The van der Waals surface area contributed by atoms with Crippen LogP contribution in [-0.4, -0.2) is 15.7 Å². The van der Waals surface area contributed by atoms with Gasteiger partial charge in [0.25, 0.3) is 11.6 Å². The van der Waals surface area contributed by atoms with Crippen molar-refractivity contribution in [2.45, 2.75) is 19.5 Å². The molecule has 2 heterocycles. The van der Waals surface area contributed by atoms with E-state index in [9.17, 15) is 19.7 Å². The van der Waals surface area contributed by atoms with E-state index < -0.39 is 16.9 Å². The average Bonchev–Trinajstić information content (AvgIpc) is 3.07. The Morgan fingerprint density at radius 1 is 1.00 bits per heavy atom. The van der Waals surface area contributed by atoms with Crippen LogP contribution in [0.1, 0.15) is 38.9 Å². The molecule has 158 valence electrons. The van der Waals surface area contributed by atoms with Gasteiger partial charge in [0, 0.05) is 18.7 Å². The van der Waals surface area contributed by atoms with Gasteiger partial charge in [-0.15, -0.1) is 0 Å². The highest BCUT2D eigenvalue weighted by Gasteiger charge is 2.43. The van der Waals surface area contributed by atoms with Crippen LogP contribution < -0.4 is 5.43 Å². The number of para-hydroxylation sites is 1. The van der Waals surface area contributed by atoms with Crippen molar-refractivity contribution in [1.82, 2.24) is 4.90 Å². The van der Waals surface area contributed by atoms with Crippen molar-refractivity contribution in [3.05, 3.63) is 121 Å². The number of hydrogen-bond donors (Lipinski definition) is 0. The summed E-state index contributed by atoms with van der Waals surface area (Å²) in [7, 11) is 0. The topological polar surface area (TPSA) is 93.7 Å². The molecule has 0 radical (unpaired) electrons. The summed E-state index contributed by atoms with van der Waals surface area (Å²) < 4.78 is 5.89. The van der Waals surface area contributed by atoms with Crippen LogP contribution >= 0.6 is 0 Å². The number of carbonyl (C=O) groups excluding carboxylic acids is 1. The van der Waals surface area contributed by atoms with Crippen molar-refractivity contribution in [3.8, 4) is 0 Å². The van der Waals surface area contributed by atoms with Gasteiger partial charge in [0.05, 0.1) is 21.9 Å². The van der Waals surface area contributed by atoms with E-state index in [2.05, 4.69) is 0 Å². The summed E-state index contributed by atoms with van der Waals surface area (Å²) in [6.07, 6.45) is 0. The first-order chi connectivity index (χ1) is 15.4. The van der Waals surface area contributed by atoms with E-state index in [1.165, 1.54) is 17.0 Å². The van der Waals surface area contributed by atoms with Gasteiger partial charge in [-0.05, 0) is 30.2 Å². The Morgan fingerprint density at radius 3 is 2.50 bits per heavy atom. The van der Waals surface area contributed by atoms with E-state index in [4.69, 9.17) is 4.42 Å². The summed E-state index contributed by atoms with van der Waals surface area (Å²) in [5.74, 6) is -0.433. The second-order valence-electron chi connectivity index (χ2n) is 7.84. The molecule has 0 bridgehead atoms. The van der Waals surface area contributed by atoms with Gasteiger partial charge in [-0.1, -0.05) is 54.1 Å². The molecular formula is C25H18N2O5. The Balaban J connectivity index is 1.72. The molecular weight excluding hydrogens is 408 g/mol. The van der Waals surface area contributed by atoms with E-state index in [1.54, 1.807) is 36.4 Å². The van der Waals surface area contributed by atoms with Crippen LogP contribution in [-0.2, 0) is 6.54 Å². The average molecular weight is 426 g/mol. The minimum absolute atomic E-state index is 0.0164. The van der Waals surface area contributed by atoms with Crippen LogP contribution in [0.2, 0.25) is 0 Å². The maximum atomic E-state index is 13.4. The molecule has 0 N–H and O–H groups in total. The number of rotatable bonds is 4. The van der Waals surface area contributed by atoms with E-state index in [0.29, 0.717) is 16.5 Å². The predicted molar refractivity (Wildman–Crippen MR) is 118 cm³/mol. The third-order valence-corrected chi connectivity index (χ3v) is 5.74. The van der Waals surface area contributed by atoms with E-state index in [1.807, 2.05) is 31.2 Å². The number of nitro benzene ring substituents is 1. The lowest BCUT2D eigenvalue weighted by Crippen LogP contribution is -2.29. The van der Waals surface area contributed by atoms with E-state index >= 15 is 0 Å². The van der Waals surface area contributed by atoms with Gasteiger partial charge < -0.3 is 9.32 Å². The highest BCUT2D eigenvalue weighted by atomic mass is 16.6. The van der Waals surface area contributed by atoms with Crippen molar-refractivity contribution < 1.29 is 14.1 Å². The van der Waals surface area contributed by atoms with Crippen molar-refractivity contribution >= 4 is 22.6 Å². The molecule has 0 saturated carbocycles. The summed E-state index contributed by atoms with van der Waals surface area (Å²) in [5.41, 5.74) is 2.58. The van der Waals surface area contributed by atoms with Gasteiger partial charge in [0.1, 0.15) is 5.58 Å². The number of aryl methyl sites for hydroxylation is 1. The summed E-state index contributed by atoms with van der Waals surface area (Å²) in [4.78, 5) is 39.3. The number of benzene rings is 3. The van der Waals surface area contributed by atoms with Crippen molar-refractivity contribution in [2.75, 3.05) is 0 Å². The van der Waals surface area contributed by atoms with Crippen LogP contribution in [0.5, 0.6) is 0 Å². The maximum absolute atomic E-state index is 13.4. The zero-order chi connectivity index (χ0) is 22.4. The monoisotopic (exact) mass is 426 g/mol. The van der Waals surface area contributed by atoms with Crippen LogP contribution in [0, 0.1) is 17.0 Å². The second-order valence-corrected chi connectivity index (χ2v) is 7.84. The minimum atomic E-state index is -0.792. The lowest BCUT2D eigenvalue weighted by Gasteiger charge is -2.25. The van der Waals surface area contributed by atoms with Crippen LogP contribution in [0.3, 0.4) is 0 Å². The molecule has 32 heavy (non-hydrogen) atoms. The highest BCUT2D eigenvalue weighted by molar-refractivity contribution is 5.99. The number of nitro groups is 1. The Bertz CT molecular complexity index is 1440. The molecule has 3 aromatic carbocycles. The Hall–Kier alpha value is -4.26. The molecule has 7 nitrogen and oxygen atoms in total. The first-order valence-corrected chi connectivity index (χ1v) is 10.1. The van der Waals surface area contributed by atoms with Gasteiger partial charge in [-0.25, -0.2) is 0 Å². The SMILES string of the molecule is Cc1ccc(CN2C(=O)c3oc4ccccc4c(=O)c3C2c2cccc([N+](=O)[O-])c2)cc1. The molecule has 0 saturated heterocycles. The van der Waals surface area contributed by atoms with Crippen LogP contribution in [0.25, 0.3) is 11.0 Å². The van der Waals surface area contributed by atoms with Gasteiger partial charge in [0.15, 0.2) is 5.43 Å². The zero-order valence-corrected chi connectivity index (χ0v) is 17.1. The Kier molecular flexibility index (Phi) is 4.59. The third kappa shape index (κ3) is 3.15. The molecule has 7 heteroatoms. The fourth-order valence-electron chi connectivity index (χ4n) is 4.18. The summed E-state index contributed by atoms with van der Waals surface area (Å²) in [6.45, 7) is 2.20. The van der Waals surface area contributed by atoms with E-state index in [0.717, 1.165) is 11.1 Å². The zero-order valence-electron chi connectivity index (χ0n) is 17.1. The quantitative estimate of drug-likeness (QED) is 0.347. The summed E-state index contributed by atoms with van der Waals surface area (Å²) in [5, 5.41) is 11.7. The second kappa shape index (κ2) is 7.46. The number of hydrogen-bond acceptors (Lipinski definition) is 5. The third-order valence-electron chi connectivity index (χ3n) is 5.74. The smallest absolute Gasteiger partial charge is 0.291 e. The molecule has 1 aromatic heterocycles. The lowest BCUT2D eigenvalue weighted by molar-refractivity contribution is -0.384.